The lowest BCUT2D eigenvalue weighted by molar-refractivity contribution is -0.145. The number of benzene rings is 2. The third kappa shape index (κ3) is 5.54. The standard InChI is InChI=1S/C17H16BrClN2O3/c18-14-4-2-1-3-12(14)10-24-16(22)9-15(21-17(20)23)11-5-7-13(19)8-6-11/h1-8,15H,9-10H2,(H3,20,21,23)/t15-/m0/s1. The van der Waals surface area contributed by atoms with Crippen LogP contribution in [0.2, 0.25) is 5.02 Å². The molecular formula is C17H16BrClN2O3. The highest BCUT2D eigenvalue weighted by Gasteiger charge is 2.18. The van der Waals surface area contributed by atoms with Gasteiger partial charge in [-0.25, -0.2) is 4.79 Å². The lowest BCUT2D eigenvalue weighted by atomic mass is 10.0. The van der Waals surface area contributed by atoms with E-state index in [2.05, 4.69) is 21.2 Å². The molecule has 0 saturated heterocycles. The molecule has 0 aliphatic rings. The molecular weight excluding hydrogens is 396 g/mol. The zero-order valence-corrected chi connectivity index (χ0v) is 15.0. The van der Waals surface area contributed by atoms with Crippen molar-refractivity contribution in [3.63, 3.8) is 0 Å². The Bertz CT molecular complexity index is 722. The molecule has 2 aromatic rings. The summed E-state index contributed by atoms with van der Waals surface area (Å²) in [7, 11) is 0. The molecule has 0 heterocycles. The van der Waals surface area contributed by atoms with E-state index < -0.39 is 18.0 Å². The minimum absolute atomic E-state index is 0.0327. The molecule has 1 atom stereocenters. The van der Waals surface area contributed by atoms with Gasteiger partial charge in [0.05, 0.1) is 12.5 Å². The molecule has 0 unspecified atom stereocenters. The van der Waals surface area contributed by atoms with Gasteiger partial charge >= 0.3 is 12.0 Å². The summed E-state index contributed by atoms with van der Waals surface area (Å²) in [6.45, 7) is 0.143. The molecule has 5 nitrogen and oxygen atoms in total. The van der Waals surface area contributed by atoms with Crippen LogP contribution in [0, 0.1) is 0 Å². The molecule has 0 bridgehead atoms. The van der Waals surface area contributed by atoms with Gasteiger partial charge in [-0.15, -0.1) is 0 Å². The van der Waals surface area contributed by atoms with Gasteiger partial charge in [-0.2, -0.15) is 0 Å². The van der Waals surface area contributed by atoms with Gasteiger partial charge in [0.15, 0.2) is 0 Å². The van der Waals surface area contributed by atoms with Crippen molar-refractivity contribution in [1.82, 2.24) is 5.32 Å². The van der Waals surface area contributed by atoms with E-state index in [0.717, 1.165) is 15.6 Å². The van der Waals surface area contributed by atoms with Crippen molar-refractivity contribution in [3.8, 4) is 0 Å². The van der Waals surface area contributed by atoms with Gasteiger partial charge in [0.2, 0.25) is 0 Å². The van der Waals surface area contributed by atoms with Crippen LogP contribution in [0.5, 0.6) is 0 Å². The van der Waals surface area contributed by atoms with Crippen molar-refractivity contribution in [3.05, 3.63) is 69.2 Å². The van der Waals surface area contributed by atoms with Gasteiger partial charge in [-0.1, -0.05) is 57.9 Å². The number of urea groups is 1. The summed E-state index contributed by atoms with van der Waals surface area (Å²) >= 11 is 9.25. The molecule has 0 spiro atoms. The zero-order chi connectivity index (χ0) is 17.5. The molecule has 0 aliphatic heterocycles. The maximum absolute atomic E-state index is 12.1. The minimum Gasteiger partial charge on any atom is -0.461 e. The second-order valence-corrected chi connectivity index (χ2v) is 6.36. The number of hydrogen-bond donors (Lipinski definition) is 2. The summed E-state index contributed by atoms with van der Waals surface area (Å²) in [4.78, 5) is 23.3. The Morgan fingerprint density at radius 3 is 2.46 bits per heavy atom. The lowest BCUT2D eigenvalue weighted by Gasteiger charge is -2.17. The van der Waals surface area contributed by atoms with Crippen LogP contribution in [0.3, 0.4) is 0 Å². The van der Waals surface area contributed by atoms with Gasteiger partial charge in [0.1, 0.15) is 6.61 Å². The number of carbonyl (C=O) groups excluding carboxylic acids is 2. The second-order valence-electron chi connectivity index (χ2n) is 5.07. The molecule has 2 aromatic carbocycles. The molecule has 2 rings (SSSR count). The van der Waals surface area contributed by atoms with Crippen molar-refractivity contribution < 1.29 is 14.3 Å². The molecule has 0 saturated carbocycles. The second kappa shape index (κ2) is 8.70. The Kier molecular flexibility index (Phi) is 6.63. The number of rotatable bonds is 6. The van der Waals surface area contributed by atoms with Crippen LogP contribution in [-0.2, 0) is 16.1 Å². The third-order valence-electron chi connectivity index (χ3n) is 3.31. The van der Waals surface area contributed by atoms with Crippen molar-refractivity contribution in [2.24, 2.45) is 5.73 Å². The monoisotopic (exact) mass is 410 g/mol. The maximum Gasteiger partial charge on any atom is 0.312 e. The zero-order valence-electron chi connectivity index (χ0n) is 12.7. The smallest absolute Gasteiger partial charge is 0.312 e. The molecule has 0 aliphatic carbocycles. The summed E-state index contributed by atoms with van der Waals surface area (Å²) in [6.07, 6.45) is -0.0327. The normalized spacial score (nSPS) is 11.6. The van der Waals surface area contributed by atoms with Gasteiger partial charge < -0.3 is 15.8 Å². The number of carbonyl (C=O) groups is 2. The first-order chi connectivity index (χ1) is 11.5. The van der Waals surface area contributed by atoms with E-state index in [1.165, 1.54) is 0 Å². The van der Waals surface area contributed by atoms with Gasteiger partial charge in [0.25, 0.3) is 0 Å². The molecule has 0 radical (unpaired) electrons. The summed E-state index contributed by atoms with van der Waals surface area (Å²) in [5.41, 5.74) is 6.76. The number of amides is 2. The van der Waals surface area contributed by atoms with Crippen LogP contribution < -0.4 is 11.1 Å². The van der Waals surface area contributed by atoms with Crippen LogP contribution in [0.1, 0.15) is 23.6 Å². The first-order valence-corrected chi connectivity index (χ1v) is 8.33. The molecule has 7 heteroatoms. The van der Waals surface area contributed by atoms with Crippen LogP contribution in [0.25, 0.3) is 0 Å². The highest BCUT2D eigenvalue weighted by Crippen LogP contribution is 2.21. The van der Waals surface area contributed by atoms with Crippen LogP contribution in [-0.4, -0.2) is 12.0 Å². The maximum atomic E-state index is 12.1. The fourth-order valence-electron chi connectivity index (χ4n) is 2.12. The van der Waals surface area contributed by atoms with Crippen molar-refractivity contribution in [2.75, 3.05) is 0 Å². The van der Waals surface area contributed by atoms with Crippen LogP contribution >= 0.6 is 27.5 Å². The van der Waals surface area contributed by atoms with Crippen molar-refractivity contribution in [2.45, 2.75) is 19.1 Å². The number of esters is 1. The molecule has 2 amide bonds. The number of nitrogens with two attached hydrogens (primary N) is 1. The number of hydrogen-bond acceptors (Lipinski definition) is 3. The Hall–Kier alpha value is -2.05. The highest BCUT2D eigenvalue weighted by molar-refractivity contribution is 9.10. The Labute approximate surface area is 153 Å². The fraction of sp³-hybridized carbons (Fsp3) is 0.176. The lowest BCUT2D eigenvalue weighted by Crippen LogP contribution is -2.34. The van der Waals surface area contributed by atoms with Crippen LogP contribution in [0.4, 0.5) is 4.79 Å². The third-order valence-corrected chi connectivity index (χ3v) is 4.33. The first kappa shape index (κ1) is 18.3. The Morgan fingerprint density at radius 2 is 1.83 bits per heavy atom. The SMILES string of the molecule is NC(=O)N[C@@H](CC(=O)OCc1ccccc1Br)c1ccc(Cl)cc1. The topological polar surface area (TPSA) is 81.4 Å². The van der Waals surface area contributed by atoms with E-state index in [9.17, 15) is 9.59 Å². The molecule has 24 heavy (non-hydrogen) atoms. The quantitative estimate of drug-likeness (QED) is 0.706. The Morgan fingerprint density at radius 1 is 1.17 bits per heavy atom. The van der Waals surface area contributed by atoms with Gasteiger partial charge in [0, 0.05) is 15.1 Å². The summed E-state index contributed by atoms with van der Waals surface area (Å²) in [5, 5.41) is 3.10. The van der Waals surface area contributed by atoms with E-state index in [1.807, 2.05) is 24.3 Å². The number of ether oxygens (including phenoxy) is 1. The van der Waals surface area contributed by atoms with E-state index in [0.29, 0.717) is 5.02 Å². The minimum atomic E-state index is -0.714. The molecule has 126 valence electrons. The summed E-state index contributed by atoms with van der Waals surface area (Å²) in [6, 6.07) is 13.0. The van der Waals surface area contributed by atoms with Crippen LogP contribution in [0.15, 0.2) is 53.0 Å². The van der Waals surface area contributed by atoms with E-state index >= 15 is 0 Å². The Balaban J connectivity index is 2.00. The predicted octanol–water partition coefficient (Wildman–Crippen LogP) is 3.95. The summed E-state index contributed by atoms with van der Waals surface area (Å²) in [5.74, 6) is -0.445. The molecule has 0 aromatic heterocycles. The van der Waals surface area contributed by atoms with E-state index in [1.54, 1.807) is 24.3 Å². The number of halogens is 2. The predicted molar refractivity (Wildman–Crippen MR) is 95.5 cm³/mol. The average molecular weight is 412 g/mol. The molecule has 3 N–H and O–H groups in total. The molecule has 0 fully saturated rings. The van der Waals surface area contributed by atoms with E-state index in [4.69, 9.17) is 22.1 Å². The van der Waals surface area contributed by atoms with Crippen molar-refractivity contribution >= 4 is 39.5 Å². The number of nitrogens with one attached hydrogen (secondary N) is 1. The number of primary amides is 1. The fourth-order valence-corrected chi connectivity index (χ4v) is 2.64. The van der Waals surface area contributed by atoms with Gasteiger partial charge in [-0.05, 0) is 23.8 Å². The first-order valence-electron chi connectivity index (χ1n) is 7.16. The highest BCUT2D eigenvalue weighted by atomic mass is 79.9. The average Bonchev–Trinajstić information content (AvgIpc) is 2.54. The van der Waals surface area contributed by atoms with Gasteiger partial charge in [-0.3, -0.25) is 4.79 Å². The van der Waals surface area contributed by atoms with E-state index in [-0.39, 0.29) is 13.0 Å². The largest absolute Gasteiger partial charge is 0.461 e. The van der Waals surface area contributed by atoms with Crippen molar-refractivity contribution in [1.29, 1.82) is 0 Å². The summed E-state index contributed by atoms with van der Waals surface area (Å²) < 4.78 is 6.14.